The minimum atomic E-state index is -0.0220. The van der Waals surface area contributed by atoms with Crippen molar-refractivity contribution in [3.05, 3.63) is 66.4 Å². The number of unbranched alkanes of at least 4 members (excludes halogenated alkanes) is 10. The smallest absolute Gasteiger partial charge is 0.212 e. The quantitative estimate of drug-likeness (QED) is 0.146. The molecule has 0 amide bonds. The van der Waals surface area contributed by atoms with Crippen LogP contribution in [0.15, 0.2) is 60.8 Å². The molecule has 0 atom stereocenters. The van der Waals surface area contributed by atoms with Crippen LogP contribution in [-0.2, 0) is 6.54 Å². The average Bonchev–Trinajstić information content (AvgIpc) is 2.84. The van der Waals surface area contributed by atoms with E-state index in [9.17, 15) is 9.90 Å². The van der Waals surface area contributed by atoms with Crippen molar-refractivity contribution in [2.24, 2.45) is 0 Å². The third-order valence-electron chi connectivity index (χ3n) is 6.23. The molecule has 1 N–H and O–H groups in total. The van der Waals surface area contributed by atoms with E-state index in [1.54, 1.807) is 12.1 Å². The van der Waals surface area contributed by atoms with Crippen molar-refractivity contribution in [3.63, 3.8) is 0 Å². The Morgan fingerprint density at radius 1 is 0.758 bits per heavy atom. The Balaban J connectivity index is 1.12. The van der Waals surface area contributed by atoms with E-state index in [-0.39, 0.29) is 5.75 Å². The van der Waals surface area contributed by atoms with E-state index in [0.29, 0.717) is 24.2 Å². The van der Waals surface area contributed by atoms with Crippen molar-refractivity contribution in [3.8, 4) is 11.5 Å². The van der Waals surface area contributed by atoms with Crippen molar-refractivity contribution >= 4 is 17.2 Å². The highest BCUT2D eigenvalue weighted by atomic mass is 16.5. The highest BCUT2D eigenvalue weighted by Gasteiger charge is 2.06. The minimum absolute atomic E-state index is 0.0220. The van der Waals surface area contributed by atoms with Crippen LogP contribution < -0.4 is 9.30 Å². The molecule has 176 valence electrons. The van der Waals surface area contributed by atoms with Crippen molar-refractivity contribution in [1.82, 2.24) is 0 Å². The summed E-state index contributed by atoms with van der Waals surface area (Å²) in [4.78, 5) is 10.7. The molecule has 0 saturated carbocycles. The number of aldehydes is 1. The van der Waals surface area contributed by atoms with Crippen LogP contribution in [0.5, 0.6) is 11.5 Å². The van der Waals surface area contributed by atoms with Crippen molar-refractivity contribution in [2.75, 3.05) is 6.61 Å². The number of carbonyl (C=O) groups is 1. The molecule has 0 aliphatic rings. The Morgan fingerprint density at radius 3 is 2.09 bits per heavy atom. The summed E-state index contributed by atoms with van der Waals surface area (Å²) in [7, 11) is 0. The molecule has 0 unspecified atom stereocenters. The third kappa shape index (κ3) is 8.53. The maximum atomic E-state index is 10.7. The first kappa shape index (κ1) is 24.8. The van der Waals surface area contributed by atoms with E-state index in [1.807, 2.05) is 0 Å². The molecule has 4 nitrogen and oxygen atoms in total. The number of fused-ring (bicyclic) bond motifs is 1. The number of pyridine rings is 1. The molecule has 4 heteroatoms. The second-order valence-corrected chi connectivity index (χ2v) is 8.84. The van der Waals surface area contributed by atoms with Gasteiger partial charge in [0.2, 0.25) is 5.52 Å². The number of phenolic OH excluding ortho intramolecular Hbond substituents is 1. The Kier molecular flexibility index (Phi) is 10.7. The molecule has 1 heterocycles. The number of benzene rings is 2. The maximum Gasteiger partial charge on any atom is 0.212 e. The van der Waals surface area contributed by atoms with Gasteiger partial charge in [0.15, 0.2) is 12.5 Å². The van der Waals surface area contributed by atoms with Gasteiger partial charge in [-0.25, -0.2) is 0 Å². The SMILES string of the molecule is O=Cc1ccc(OCCCCCCCCCCCCC[n+]2cccc3ccccc32)cc1O. The van der Waals surface area contributed by atoms with Crippen LogP contribution in [-0.4, -0.2) is 18.0 Å². The molecule has 0 bridgehead atoms. The van der Waals surface area contributed by atoms with Crippen LogP contribution in [0.25, 0.3) is 10.9 Å². The Hall–Kier alpha value is -2.88. The fraction of sp³-hybridized carbons (Fsp3) is 0.448. The van der Waals surface area contributed by atoms with E-state index in [4.69, 9.17) is 4.74 Å². The molecule has 1 aromatic heterocycles. The van der Waals surface area contributed by atoms with Crippen LogP contribution in [0, 0.1) is 0 Å². The second-order valence-electron chi connectivity index (χ2n) is 8.84. The highest BCUT2D eigenvalue weighted by molar-refractivity contribution is 5.79. The largest absolute Gasteiger partial charge is 0.507 e. The fourth-order valence-electron chi connectivity index (χ4n) is 4.29. The van der Waals surface area contributed by atoms with Gasteiger partial charge in [0.05, 0.1) is 12.2 Å². The zero-order valence-corrected chi connectivity index (χ0v) is 19.8. The first-order valence-corrected chi connectivity index (χ1v) is 12.6. The predicted octanol–water partition coefficient (Wildman–Crippen LogP) is 7.02. The topological polar surface area (TPSA) is 50.4 Å². The molecule has 3 rings (SSSR count). The lowest BCUT2D eigenvalue weighted by atomic mass is 10.1. The van der Waals surface area contributed by atoms with Gasteiger partial charge in [0.25, 0.3) is 0 Å². The Labute approximate surface area is 198 Å². The van der Waals surface area contributed by atoms with Crippen molar-refractivity contribution in [1.29, 1.82) is 0 Å². The van der Waals surface area contributed by atoms with Gasteiger partial charge >= 0.3 is 0 Å². The number of hydrogen-bond donors (Lipinski definition) is 1. The highest BCUT2D eigenvalue weighted by Crippen LogP contribution is 2.22. The lowest BCUT2D eigenvalue weighted by Crippen LogP contribution is -2.33. The summed E-state index contributed by atoms with van der Waals surface area (Å²) in [6.07, 6.45) is 16.9. The molecule has 0 fully saturated rings. The van der Waals surface area contributed by atoms with E-state index in [1.165, 1.54) is 81.2 Å². The molecule has 0 aliphatic heterocycles. The summed E-state index contributed by atoms with van der Waals surface area (Å²) >= 11 is 0. The first-order chi connectivity index (χ1) is 16.3. The van der Waals surface area contributed by atoms with E-state index in [2.05, 4.69) is 47.2 Å². The summed E-state index contributed by atoms with van der Waals surface area (Å²) in [6.45, 7) is 1.76. The number of nitrogens with zero attached hydrogens (tertiary/aromatic N) is 1. The number of ether oxygens (including phenoxy) is 1. The molecule has 0 spiro atoms. The molecular formula is C29H38NO3+. The minimum Gasteiger partial charge on any atom is -0.507 e. The summed E-state index contributed by atoms with van der Waals surface area (Å²) in [5, 5.41) is 11.0. The van der Waals surface area contributed by atoms with Crippen LogP contribution in [0.1, 0.15) is 81.0 Å². The Bertz CT molecular complexity index is 980. The molecule has 0 aliphatic carbocycles. The molecular weight excluding hydrogens is 410 g/mol. The monoisotopic (exact) mass is 448 g/mol. The van der Waals surface area contributed by atoms with E-state index < -0.39 is 0 Å². The van der Waals surface area contributed by atoms with Gasteiger partial charge in [-0.3, -0.25) is 4.79 Å². The number of hydrogen-bond acceptors (Lipinski definition) is 3. The second kappa shape index (κ2) is 14.3. The molecule has 2 aromatic carbocycles. The van der Waals surface area contributed by atoms with Gasteiger partial charge in [-0.15, -0.1) is 0 Å². The van der Waals surface area contributed by atoms with E-state index in [0.717, 1.165) is 13.0 Å². The number of aromatic nitrogens is 1. The molecule has 33 heavy (non-hydrogen) atoms. The number of rotatable bonds is 16. The summed E-state index contributed by atoms with van der Waals surface area (Å²) in [5.41, 5.74) is 1.63. The van der Waals surface area contributed by atoms with Gasteiger partial charge in [0, 0.05) is 30.0 Å². The summed E-state index contributed by atoms with van der Waals surface area (Å²) in [6, 6.07) is 17.8. The van der Waals surface area contributed by atoms with Gasteiger partial charge in [-0.2, -0.15) is 4.57 Å². The van der Waals surface area contributed by atoms with Crippen molar-refractivity contribution < 1.29 is 19.2 Å². The number of para-hydroxylation sites is 1. The lowest BCUT2D eigenvalue weighted by Gasteiger charge is -2.07. The van der Waals surface area contributed by atoms with Gasteiger partial charge < -0.3 is 9.84 Å². The molecule has 0 radical (unpaired) electrons. The first-order valence-electron chi connectivity index (χ1n) is 12.6. The zero-order chi connectivity index (χ0) is 23.1. The van der Waals surface area contributed by atoms with Crippen LogP contribution >= 0.6 is 0 Å². The zero-order valence-electron chi connectivity index (χ0n) is 19.8. The molecule has 3 aromatic rings. The van der Waals surface area contributed by atoms with Crippen LogP contribution in [0.2, 0.25) is 0 Å². The standard InChI is InChI=1S/C29H37NO3/c31-24-26-18-19-27(23-29(26)32)33-22-13-9-7-5-3-1-2-4-6-8-12-20-30-21-14-16-25-15-10-11-17-28(25)30/h10-11,14-19,21,23-24H,1-9,12-13,20,22H2/p+1. The summed E-state index contributed by atoms with van der Waals surface area (Å²) in [5.74, 6) is 0.597. The van der Waals surface area contributed by atoms with E-state index >= 15 is 0 Å². The molecule has 0 saturated heterocycles. The number of aryl methyl sites for hydroxylation is 1. The lowest BCUT2D eigenvalue weighted by molar-refractivity contribution is -0.671. The van der Waals surface area contributed by atoms with Gasteiger partial charge in [0.1, 0.15) is 18.0 Å². The van der Waals surface area contributed by atoms with Gasteiger partial charge in [-0.05, 0) is 37.1 Å². The van der Waals surface area contributed by atoms with Crippen molar-refractivity contribution in [2.45, 2.75) is 77.2 Å². The van der Waals surface area contributed by atoms with Gasteiger partial charge in [-0.1, -0.05) is 63.5 Å². The third-order valence-corrected chi connectivity index (χ3v) is 6.23. The van der Waals surface area contributed by atoms with Crippen LogP contribution in [0.3, 0.4) is 0 Å². The average molecular weight is 449 g/mol. The Morgan fingerprint density at radius 2 is 1.39 bits per heavy atom. The normalized spacial score (nSPS) is 11.0. The fourth-order valence-corrected chi connectivity index (χ4v) is 4.29. The number of aromatic hydroxyl groups is 1. The number of carbonyl (C=O) groups excluding carboxylic acids is 1. The number of phenols is 1. The predicted molar refractivity (Wildman–Crippen MR) is 134 cm³/mol. The van der Waals surface area contributed by atoms with Crippen LogP contribution in [0.4, 0.5) is 0 Å². The summed E-state index contributed by atoms with van der Waals surface area (Å²) < 4.78 is 8.03. The maximum absolute atomic E-state index is 10.7.